The van der Waals surface area contributed by atoms with Gasteiger partial charge in [-0.25, -0.2) is 8.42 Å². The number of benzene rings is 3. The van der Waals surface area contributed by atoms with Gasteiger partial charge in [0.1, 0.15) is 5.75 Å². The number of para-hydroxylation sites is 1. The van der Waals surface area contributed by atoms with Gasteiger partial charge in [-0.05, 0) is 61.5 Å². The normalized spacial score (nSPS) is 12.1. The first-order chi connectivity index (χ1) is 14.2. The van der Waals surface area contributed by atoms with E-state index in [1.165, 1.54) is 30.3 Å². The quantitative estimate of drug-likeness (QED) is 0.503. The summed E-state index contributed by atoms with van der Waals surface area (Å²) in [6, 6.07) is 19.1. The molecule has 0 radical (unpaired) electrons. The fraction of sp³-hybridized carbons (Fsp3) is 0.0952. The number of hydrogen-bond acceptors (Lipinski definition) is 4. The van der Waals surface area contributed by atoms with Gasteiger partial charge in [0.15, 0.2) is 6.10 Å². The van der Waals surface area contributed by atoms with Crippen LogP contribution in [0, 0.1) is 0 Å². The van der Waals surface area contributed by atoms with Crippen molar-refractivity contribution < 1.29 is 17.9 Å². The maximum Gasteiger partial charge on any atom is 0.265 e. The van der Waals surface area contributed by atoms with Crippen molar-refractivity contribution in [2.24, 2.45) is 0 Å². The predicted octanol–water partition coefficient (Wildman–Crippen LogP) is 5.20. The number of rotatable bonds is 7. The molecule has 3 rings (SSSR count). The molecule has 2 N–H and O–H groups in total. The molecule has 0 aliphatic rings. The van der Waals surface area contributed by atoms with Crippen molar-refractivity contribution >= 4 is 50.5 Å². The number of amides is 1. The smallest absolute Gasteiger partial charge is 0.265 e. The van der Waals surface area contributed by atoms with Gasteiger partial charge in [-0.1, -0.05) is 41.4 Å². The topological polar surface area (TPSA) is 84.5 Å². The lowest BCUT2D eigenvalue weighted by Crippen LogP contribution is -2.30. The van der Waals surface area contributed by atoms with Gasteiger partial charge in [-0.2, -0.15) is 0 Å². The Balaban J connectivity index is 1.64. The van der Waals surface area contributed by atoms with Crippen molar-refractivity contribution in [1.82, 2.24) is 0 Å². The van der Waals surface area contributed by atoms with Gasteiger partial charge in [0.25, 0.3) is 15.9 Å². The average Bonchev–Trinajstić information content (AvgIpc) is 2.71. The Kier molecular flexibility index (Phi) is 6.87. The van der Waals surface area contributed by atoms with E-state index in [0.717, 1.165) is 0 Å². The van der Waals surface area contributed by atoms with Crippen molar-refractivity contribution in [3.63, 3.8) is 0 Å². The van der Waals surface area contributed by atoms with E-state index in [4.69, 9.17) is 27.9 Å². The van der Waals surface area contributed by atoms with Crippen LogP contribution in [-0.4, -0.2) is 20.4 Å². The summed E-state index contributed by atoms with van der Waals surface area (Å²) in [6.07, 6.45) is -0.841. The maximum atomic E-state index is 12.5. The van der Waals surface area contributed by atoms with E-state index in [2.05, 4.69) is 10.0 Å². The highest BCUT2D eigenvalue weighted by Gasteiger charge is 2.18. The molecule has 3 aromatic carbocycles. The van der Waals surface area contributed by atoms with Gasteiger partial charge in [0, 0.05) is 16.4 Å². The third-order valence-electron chi connectivity index (χ3n) is 4.03. The Hall–Kier alpha value is -2.74. The molecular weight excluding hydrogens is 447 g/mol. The standard InChI is InChI=1S/C21H18Cl2N2O4S/c1-14(29-20-12-7-15(22)13-19(20)23)21(26)24-16-8-10-18(11-9-16)30(27,28)25-17-5-3-2-4-6-17/h2-14,25H,1H3,(H,24,26)/t14-/m1/s1. The number of carbonyl (C=O) groups is 1. The van der Waals surface area contributed by atoms with Crippen LogP contribution in [0.15, 0.2) is 77.7 Å². The van der Waals surface area contributed by atoms with Crippen LogP contribution in [0.3, 0.4) is 0 Å². The summed E-state index contributed by atoms with van der Waals surface area (Å²) in [6.45, 7) is 1.57. The minimum atomic E-state index is -3.74. The predicted molar refractivity (Wildman–Crippen MR) is 119 cm³/mol. The molecule has 0 unspecified atom stereocenters. The second kappa shape index (κ2) is 9.38. The molecule has 0 bridgehead atoms. The van der Waals surface area contributed by atoms with Crippen LogP contribution in [0.5, 0.6) is 5.75 Å². The minimum Gasteiger partial charge on any atom is -0.479 e. The van der Waals surface area contributed by atoms with Gasteiger partial charge >= 0.3 is 0 Å². The highest BCUT2D eigenvalue weighted by Crippen LogP contribution is 2.28. The van der Waals surface area contributed by atoms with Crippen LogP contribution in [0.4, 0.5) is 11.4 Å². The second-order valence-corrected chi connectivity index (χ2v) is 8.85. The van der Waals surface area contributed by atoms with Crippen LogP contribution < -0.4 is 14.8 Å². The maximum absolute atomic E-state index is 12.5. The highest BCUT2D eigenvalue weighted by atomic mass is 35.5. The van der Waals surface area contributed by atoms with Crippen molar-refractivity contribution in [3.8, 4) is 5.75 Å². The number of nitrogens with one attached hydrogen (secondary N) is 2. The largest absolute Gasteiger partial charge is 0.479 e. The molecule has 1 atom stereocenters. The number of sulfonamides is 1. The summed E-state index contributed by atoms with van der Waals surface area (Å²) in [4.78, 5) is 12.5. The number of halogens is 2. The van der Waals surface area contributed by atoms with Crippen molar-refractivity contribution in [2.75, 3.05) is 10.0 Å². The zero-order valence-electron chi connectivity index (χ0n) is 15.8. The molecule has 0 spiro atoms. The second-order valence-electron chi connectivity index (χ2n) is 6.32. The molecule has 0 aromatic heterocycles. The zero-order chi connectivity index (χ0) is 21.7. The van der Waals surface area contributed by atoms with Crippen LogP contribution in [0.1, 0.15) is 6.92 Å². The van der Waals surface area contributed by atoms with Crippen molar-refractivity contribution in [1.29, 1.82) is 0 Å². The fourth-order valence-electron chi connectivity index (χ4n) is 2.50. The van der Waals surface area contributed by atoms with E-state index < -0.39 is 22.0 Å². The Labute approximate surface area is 184 Å². The monoisotopic (exact) mass is 464 g/mol. The van der Waals surface area contributed by atoms with Crippen LogP contribution in [0.2, 0.25) is 10.0 Å². The van der Waals surface area contributed by atoms with Crippen LogP contribution in [-0.2, 0) is 14.8 Å². The molecule has 0 saturated heterocycles. The molecule has 3 aromatic rings. The molecule has 0 saturated carbocycles. The van der Waals surface area contributed by atoms with Crippen molar-refractivity contribution in [2.45, 2.75) is 17.9 Å². The fourth-order valence-corrected chi connectivity index (χ4v) is 4.01. The number of anilines is 2. The van der Waals surface area contributed by atoms with Gasteiger partial charge in [0.2, 0.25) is 0 Å². The van der Waals surface area contributed by atoms with Crippen LogP contribution in [0.25, 0.3) is 0 Å². The Morgan fingerprint density at radius 2 is 1.60 bits per heavy atom. The summed E-state index contributed by atoms with van der Waals surface area (Å²) in [5.41, 5.74) is 0.887. The number of carbonyl (C=O) groups excluding carboxylic acids is 1. The summed E-state index contributed by atoms with van der Waals surface area (Å²) < 4.78 is 33.0. The van der Waals surface area contributed by atoms with E-state index in [1.807, 2.05) is 0 Å². The molecule has 0 aliphatic heterocycles. The molecule has 1 amide bonds. The van der Waals surface area contributed by atoms with Crippen molar-refractivity contribution in [3.05, 3.63) is 82.8 Å². The summed E-state index contributed by atoms with van der Waals surface area (Å²) >= 11 is 11.9. The zero-order valence-corrected chi connectivity index (χ0v) is 18.1. The van der Waals surface area contributed by atoms with Gasteiger partial charge in [0.05, 0.1) is 9.92 Å². The molecule has 0 aliphatic carbocycles. The molecular formula is C21H18Cl2N2O4S. The SMILES string of the molecule is C[C@@H](Oc1ccc(Cl)cc1Cl)C(=O)Nc1ccc(S(=O)(=O)Nc2ccccc2)cc1. The van der Waals surface area contributed by atoms with E-state index >= 15 is 0 Å². The molecule has 156 valence electrons. The first-order valence-corrected chi connectivity index (χ1v) is 11.1. The van der Waals surface area contributed by atoms with Crippen LogP contribution >= 0.6 is 23.2 Å². The molecule has 9 heteroatoms. The average molecular weight is 465 g/mol. The van der Waals surface area contributed by atoms with E-state index in [1.54, 1.807) is 49.4 Å². The lowest BCUT2D eigenvalue weighted by Gasteiger charge is -2.16. The molecule has 6 nitrogen and oxygen atoms in total. The third-order valence-corrected chi connectivity index (χ3v) is 5.95. The molecule has 0 fully saturated rings. The highest BCUT2D eigenvalue weighted by molar-refractivity contribution is 7.92. The lowest BCUT2D eigenvalue weighted by molar-refractivity contribution is -0.122. The number of hydrogen-bond donors (Lipinski definition) is 2. The Morgan fingerprint density at radius 3 is 2.23 bits per heavy atom. The third kappa shape index (κ3) is 5.66. The Morgan fingerprint density at radius 1 is 0.933 bits per heavy atom. The summed E-state index contributed by atoms with van der Waals surface area (Å²) in [5, 5.41) is 3.43. The molecule has 30 heavy (non-hydrogen) atoms. The molecule has 0 heterocycles. The minimum absolute atomic E-state index is 0.0709. The van der Waals surface area contributed by atoms with E-state index in [9.17, 15) is 13.2 Å². The number of ether oxygens (including phenoxy) is 1. The summed E-state index contributed by atoms with van der Waals surface area (Å²) in [5.74, 6) is -0.0869. The lowest BCUT2D eigenvalue weighted by atomic mass is 10.3. The Bertz CT molecular complexity index is 1140. The first-order valence-electron chi connectivity index (χ1n) is 8.85. The van der Waals surface area contributed by atoms with E-state index in [-0.39, 0.29) is 4.90 Å². The van der Waals surface area contributed by atoms with E-state index in [0.29, 0.717) is 27.2 Å². The van der Waals surface area contributed by atoms with Gasteiger partial charge < -0.3 is 10.1 Å². The van der Waals surface area contributed by atoms with Gasteiger partial charge in [-0.15, -0.1) is 0 Å². The summed E-state index contributed by atoms with van der Waals surface area (Å²) in [7, 11) is -3.74. The first kappa shape index (κ1) is 22.0. The van der Waals surface area contributed by atoms with Gasteiger partial charge in [-0.3, -0.25) is 9.52 Å².